The molecule has 0 fully saturated rings. The summed E-state index contributed by atoms with van der Waals surface area (Å²) in [7, 11) is 0. The SMILES string of the molecule is C=C/C(=C\C)c1ccc(-c2ccc3c(ccc4c5ccc(C/C=C\C=C/N)cc5n(-c5ccccc5)c34)c2)c2ccccc12. The lowest BCUT2D eigenvalue weighted by molar-refractivity contribution is 1.18. The van der Waals surface area contributed by atoms with Crippen LogP contribution in [0.1, 0.15) is 18.1 Å². The highest BCUT2D eigenvalue weighted by atomic mass is 15.0. The second-order valence-electron chi connectivity index (χ2n) is 11.1. The van der Waals surface area contributed by atoms with Crippen LogP contribution in [-0.2, 0) is 6.42 Å². The zero-order chi connectivity index (χ0) is 30.0. The molecule has 7 rings (SSSR count). The first-order valence-corrected chi connectivity index (χ1v) is 15.1. The summed E-state index contributed by atoms with van der Waals surface area (Å²) < 4.78 is 2.43. The number of fused-ring (bicyclic) bond motifs is 6. The van der Waals surface area contributed by atoms with E-state index in [0.29, 0.717) is 0 Å². The van der Waals surface area contributed by atoms with Crippen LogP contribution in [0.15, 0.2) is 158 Å². The highest BCUT2D eigenvalue weighted by Gasteiger charge is 2.16. The molecule has 2 heteroatoms. The zero-order valence-electron chi connectivity index (χ0n) is 24.9. The molecule has 0 aliphatic carbocycles. The molecule has 1 heterocycles. The topological polar surface area (TPSA) is 30.9 Å². The normalized spacial score (nSPS) is 12.4. The number of allylic oxidation sites excluding steroid dienone is 6. The second kappa shape index (κ2) is 11.6. The van der Waals surface area contributed by atoms with Crippen molar-refractivity contribution in [2.45, 2.75) is 13.3 Å². The van der Waals surface area contributed by atoms with Crippen molar-refractivity contribution in [3.05, 3.63) is 170 Å². The Kier molecular flexibility index (Phi) is 7.17. The van der Waals surface area contributed by atoms with Gasteiger partial charge in [-0.1, -0.05) is 122 Å². The van der Waals surface area contributed by atoms with Crippen molar-refractivity contribution in [2.24, 2.45) is 5.73 Å². The minimum Gasteiger partial charge on any atom is -0.405 e. The van der Waals surface area contributed by atoms with Gasteiger partial charge in [0.05, 0.1) is 11.0 Å². The third kappa shape index (κ3) is 4.62. The zero-order valence-corrected chi connectivity index (χ0v) is 24.9. The molecule has 0 bridgehead atoms. The van der Waals surface area contributed by atoms with Crippen molar-refractivity contribution < 1.29 is 0 Å². The third-order valence-corrected chi connectivity index (χ3v) is 8.61. The van der Waals surface area contributed by atoms with Crippen LogP contribution in [0.5, 0.6) is 0 Å². The van der Waals surface area contributed by atoms with Crippen molar-refractivity contribution in [1.82, 2.24) is 4.57 Å². The van der Waals surface area contributed by atoms with E-state index in [0.717, 1.165) is 17.7 Å². The molecule has 44 heavy (non-hydrogen) atoms. The van der Waals surface area contributed by atoms with Crippen LogP contribution < -0.4 is 5.73 Å². The summed E-state index contributed by atoms with van der Waals surface area (Å²) in [5.41, 5.74) is 15.2. The number of hydrogen-bond donors (Lipinski definition) is 1. The molecule has 2 nitrogen and oxygen atoms in total. The maximum Gasteiger partial charge on any atom is 0.0619 e. The average molecular weight is 567 g/mol. The molecular formula is C42H34N2. The van der Waals surface area contributed by atoms with Gasteiger partial charge in [0.1, 0.15) is 0 Å². The van der Waals surface area contributed by atoms with Gasteiger partial charge in [-0.3, -0.25) is 0 Å². The van der Waals surface area contributed by atoms with E-state index < -0.39 is 0 Å². The molecule has 0 unspecified atom stereocenters. The van der Waals surface area contributed by atoms with Gasteiger partial charge in [0, 0.05) is 21.8 Å². The fourth-order valence-corrected chi connectivity index (χ4v) is 6.55. The number of aromatic nitrogens is 1. The Morgan fingerprint density at radius 3 is 2.30 bits per heavy atom. The van der Waals surface area contributed by atoms with Gasteiger partial charge < -0.3 is 10.3 Å². The predicted molar refractivity (Wildman–Crippen MR) is 191 cm³/mol. The number of nitrogens with zero attached hydrogens (tertiary/aromatic N) is 1. The highest BCUT2D eigenvalue weighted by Crippen LogP contribution is 2.40. The van der Waals surface area contributed by atoms with E-state index in [9.17, 15) is 0 Å². The molecule has 6 aromatic carbocycles. The Hall–Kier alpha value is -5.60. The van der Waals surface area contributed by atoms with Crippen LogP contribution in [0.3, 0.4) is 0 Å². The lowest BCUT2D eigenvalue weighted by atomic mass is 9.91. The maximum absolute atomic E-state index is 5.51. The molecule has 7 aromatic rings. The Morgan fingerprint density at radius 2 is 1.50 bits per heavy atom. The van der Waals surface area contributed by atoms with Crippen molar-refractivity contribution in [1.29, 1.82) is 0 Å². The molecule has 1 aromatic heterocycles. The van der Waals surface area contributed by atoms with Gasteiger partial charge in [0.25, 0.3) is 0 Å². The predicted octanol–water partition coefficient (Wildman–Crippen LogP) is 10.9. The summed E-state index contributed by atoms with van der Waals surface area (Å²) in [5, 5.41) is 7.46. The van der Waals surface area contributed by atoms with Gasteiger partial charge in [-0.2, -0.15) is 0 Å². The summed E-state index contributed by atoms with van der Waals surface area (Å²) in [5.74, 6) is 0. The number of nitrogens with two attached hydrogens (primary N) is 1. The molecule has 0 saturated heterocycles. The molecule has 212 valence electrons. The van der Waals surface area contributed by atoms with Crippen LogP contribution in [0.4, 0.5) is 0 Å². The number of rotatable bonds is 7. The Labute approximate surface area is 258 Å². The minimum absolute atomic E-state index is 0.843. The fraction of sp³-hybridized carbons (Fsp3) is 0.0476. The Balaban J connectivity index is 1.45. The van der Waals surface area contributed by atoms with Gasteiger partial charge in [-0.15, -0.1) is 0 Å². The van der Waals surface area contributed by atoms with Crippen LogP contribution in [0, 0.1) is 0 Å². The lowest BCUT2D eigenvalue weighted by Crippen LogP contribution is -1.95. The molecule has 2 N–H and O–H groups in total. The van der Waals surface area contributed by atoms with Crippen molar-refractivity contribution >= 4 is 48.9 Å². The monoisotopic (exact) mass is 566 g/mol. The first-order valence-electron chi connectivity index (χ1n) is 15.1. The summed E-state index contributed by atoms with van der Waals surface area (Å²) in [6, 6.07) is 42.2. The molecule has 0 spiro atoms. The minimum atomic E-state index is 0.843. The summed E-state index contributed by atoms with van der Waals surface area (Å²) >= 11 is 0. The molecule has 0 aliphatic heterocycles. The highest BCUT2D eigenvalue weighted by molar-refractivity contribution is 6.19. The van der Waals surface area contributed by atoms with Gasteiger partial charge in [0.15, 0.2) is 0 Å². The van der Waals surface area contributed by atoms with Crippen LogP contribution >= 0.6 is 0 Å². The van der Waals surface area contributed by atoms with Crippen LogP contribution in [-0.4, -0.2) is 4.57 Å². The Morgan fingerprint density at radius 1 is 0.727 bits per heavy atom. The third-order valence-electron chi connectivity index (χ3n) is 8.61. The van der Waals surface area contributed by atoms with E-state index in [1.165, 1.54) is 65.6 Å². The molecule has 0 radical (unpaired) electrons. The van der Waals surface area contributed by atoms with E-state index >= 15 is 0 Å². The van der Waals surface area contributed by atoms with Crippen LogP contribution in [0.25, 0.3) is 65.7 Å². The lowest BCUT2D eigenvalue weighted by Gasteiger charge is -2.14. The Bertz CT molecular complexity index is 2280. The molecular weight excluding hydrogens is 532 g/mol. The van der Waals surface area contributed by atoms with Gasteiger partial charge in [-0.05, 0) is 93.9 Å². The van der Waals surface area contributed by atoms with E-state index in [4.69, 9.17) is 5.73 Å². The van der Waals surface area contributed by atoms with E-state index in [2.05, 4.69) is 145 Å². The van der Waals surface area contributed by atoms with Crippen LogP contribution in [0.2, 0.25) is 0 Å². The number of hydrogen-bond acceptors (Lipinski definition) is 1. The molecule has 0 amide bonds. The van der Waals surface area contributed by atoms with Gasteiger partial charge in [0.2, 0.25) is 0 Å². The summed E-state index contributed by atoms with van der Waals surface area (Å²) in [6.45, 7) is 6.11. The van der Waals surface area contributed by atoms with E-state index in [1.807, 2.05) is 18.2 Å². The maximum atomic E-state index is 5.51. The van der Waals surface area contributed by atoms with E-state index in [1.54, 1.807) is 6.20 Å². The summed E-state index contributed by atoms with van der Waals surface area (Å²) in [4.78, 5) is 0. The van der Waals surface area contributed by atoms with Crippen molar-refractivity contribution in [3.63, 3.8) is 0 Å². The first-order chi connectivity index (χ1) is 21.7. The average Bonchev–Trinajstić information content (AvgIpc) is 3.41. The fourth-order valence-electron chi connectivity index (χ4n) is 6.55. The van der Waals surface area contributed by atoms with Crippen molar-refractivity contribution in [2.75, 3.05) is 0 Å². The summed E-state index contributed by atoms with van der Waals surface area (Å²) in [6.07, 6.45) is 12.5. The first kappa shape index (κ1) is 27.2. The molecule has 0 atom stereocenters. The molecule has 0 saturated carbocycles. The standard InChI is InChI=1S/C42H34N2/c1-3-30(4-2)34-24-25-35(38-17-11-10-16-37(34)38)31-19-22-36-32(28-31)20-23-40-39-21-18-29(13-7-6-12-26-43)27-41(39)44(42(36)40)33-14-8-5-9-15-33/h3-12,14-28H,1,13,43H2,2H3/b7-6-,26-12-,30-4+. The van der Waals surface area contributed by atoms with Crippen molar-refractivity contribution in [3.8, 4) is 16.8 Å². The van der Waals surface area contributed by atoms with Gasteiger partial charge in [-0.25, -0.2) is 0 Å². The molecule has 0 aliphatic rings. The van der Waals surface area contributed by atoms with Gasteiger partial charge >= 0.3 is 0 Å². The number of para-hydroxylation sites is 1. The largest absolute Gasteiger partial charge is 0.405 e. The smallest absolute Gasteiger partial charge is 0.0619 e. The second-order valence-corrected chi connectivity index (χ2v) is 11.1. The number of benzene rings is 6. The quantitative estimate of drug-likeness (QED) is 0.191. The van der Waals surface area contributed by atoms with E-state index in [-0.39, 0.29) is 0 Å².